The van der Waals surface area contributed by atoms with E-state index in [1.807, 2.05) is 0 Å². The molecule has 2 saturated heterocycles. The molecule has 0 aliphatic carbocycles. The van der Waals surface area contributed by atoms with Crippen molar-refractivity contribution in [3.63, 3.8) is 0 Å². The van der Waals surface area contributed by atoms with Gasteiger partial charge in [-0.1, -0.05) is 0 Å². The fourth-order valence-electron chi connectivity index (χ4n) is 2.74. The van der Waals surface area contributed by atoms with E-state index < -0.39 is 0 Å². The van der Waals surface area contributed by atoms with E-state index in [9.17, 15) is 0 Å². The summed E-state index contributed by atoms with van der Waals surface area (Å²) in [6, 6.07) is 1.31. The molecule has 3 nitrogen and oxygen atoms in total. The zero-order valence-corrected chi connectivity index (χ0v) is 9.87. The molecule has 3 heteroatoms. The average molecular weight is 213 g/mol. The smallest absolute Gasteiger partial charge is 0.0565 e. The Balaban J connectivity index is 1.77. The highest BCUT2D eigenvalue weighted by Gasteiger charge is 2.26. The number of hydrogen-bond acceptors (Lipinski definition) is 3. The minimum absolute atomic E-state index is 0.408. The van der Waals surface area contributed by atoms with Gasteiger partial charge < -0.3 is 14.8 Å². The van der Waals surface area contributed by atoms with Gasteiger partial charge in [-0.3, -0.25) is 0 Å². The third-order valence-corrected chi connectivity index (χ3v) is 3.39. The largest absolute Gasteiger partial charge is 0.381 e. The van der Waals surface area contributed by atoms with Gasteiger partial charge in [0, 0.05) is 25.3 Å². The van der Waals surface area contributed by atoms with E-state index in [0.717, 1.165) is 26.1 Å². The van der Waals surface area contributed by atoms with Gasteiger partial charge >= 0.3 is 0 Å². The van der Waals surface area contributed by atoms with Crippen LogP contribution in [0, 0.1) is 0 Å². The monoisotopic (exact) mass is 213 g/mol. The van der Waals surface area contributed by atoms with Gasteiger partial charge in [0.25, 0.3) is 0 Å². The van der Waals surface area contributed by atoms with Crippen molar-refractivity contribution in [3.05, 3.63) is 0 Å². The van der Waals surface area contributed by atoms with Crippen molar-refractivity contribution in [2.45, 2.75) is 63.8 Å². The lowest BCUT2D eigenvalue weighted by atomic mass is 9.97. The van der Waals surface area contributed by atoms with Gasteiger partial charge in [-0.15, -0.1) is 0 Å². The maximum absolute atomic E-state index is 5.74. The average Bonchev–Trinajstić information content (AvgIpc) is 2.17. The molecule has 0 spiro atoms. The summed E-state index contributed by atoms with van der Waals surface area (Å²) < 4.78 is 11.1. The highest BCUT2D eigenvalue weighted by Crippen LogP contribution is 2.20. The van der Waals surface area contributed by atoms with Crippen LogP contribution in [0.15, 0.2) is 0 Å². The van der Waals surface area contributed by atoms with Gasteiger partial charge in [-0.25, -0.2) is 0 Å². The molecule has 1 N–H and O–H groups in total. The SMILES string of the molecule is CC1CC(NC2CCOCC2)CC(C)O1. The summed E-state index contributed by atoms with van der Waals surface area (Å²) in [4.78, 5) is 0. The summed E-state index contributed by atoms with van der Waals surface area (Å²) in [5.74, 6) is 0. The Morgan fingerprint density at radius 1 is 0.933 bits per heavy atom. The molecule has 2 rings (SSSR count). The van der Waals surface area contributed by atoms with Crippen molar-refractivity contribution in [1.29, 1.82) is 0 Å². The third kappa shape index (κ3) is 3.44. The van der Waals surface area contributed by atoms with Crippen LogP contribution in [0.4, 0.5) is 0 Å². The van der Waals surface area contributed by atoms with E-state index in [4.69, 9.17) is 9.47 Å². The minimum Gasteiger partial charge on any atom is -0.381 e. The van der Waals surface area contributed by atoms with E-state index in [1.165, 1.54) is 12.8 Å². The van der Waals surface area contributed by atoms with Crippen LogP contribution in [0.2, 0.25) is 0 Å². The number of ether oxygens (including phenoxy) is 2. The van der Waals surface area contributed by atoms with Crippen molar-refractivity contribution in [3.8, 4) is 0 Å². The first kappa shape index (κ1) is 11.4. The molecular formula is C12H23NO2. The molecule has 2 aliphatic rings. The molecule has 2 fully saturated rings. The van der Waals surface area contributed by atoms with Gasteiger partial charge in [0.1, 0.15) is 0 Å². The molecule has 2 unspecified atom stereocenters. The molecule has 15 heavy (non-hydrogen) atoms. The van der Waals surface area contributed by atoms with Crippen LogP contribution in [0.1, 0.15) is 39.5 Å². The number of rotatable bonds is 2. The molecule has 0 saturated carbocycles. The van der Waals surface area contributed by atoms with Crippen LogP contribution in [-0.4, -0.2) is 37.5 Å². The van der Waals surface area contributed by atoms with E-state index in [1.54, 1.807) is 0 Å². The van der Waals surface area contributed by atoms with Crippen molar-refractivity contribution >= 4 is 0 Å². The molecule has 0 aromatic rings. The molecule has 2 aliphatic heterocycles. The second-order valence-electron chi connectivity index (χ2n) is 4.98. The van der Waals surface area contributed by atoms with Crippen LogP contribution in [0.3, 0.4) is 0 Å². The number of hydrogen-bond donors (Lipinski definition) is 1. The maximum atomic E-state index is 5.74. The molecule has 0 radical (unpaired) electrons. The summed E-state index contributed by atoms with van der Waals surface area (Å²) in [5.41, 5.74) is 0. The lowest BCUT2D eigenvalue weighted by Crippen LogP contribution is -2.47. The van der Waals surface area contributed by atoms with Gasteiger partial charge in [0.15, 0.2) is 0 Å². The third-order valence-electron chi connectivity index (χ3n) is 3.39. The summed E-state index contributed by atoms with van der Waals surface area (Å²) >= 11 is 0. The molecule has 88 valence electrons. The Kier molecular flexibility index (Phi) is 4.00. The molecule has 0 bridgehead atoms. The van der Waals surface area contributed by atoms with Gasteiger partial charge in [0.05, 0.1) is 12.2 Å². The second kappa shape index (κ2) is 5.28. The molecule has 0 amide bonds. The first-order chi connectivity index (χ1) is 7.24. The predicted octanol–water partition coefficient (Wildman–Crippen LogP) is 1.71. The maximum Gasteiger partial charge on any atom is 0.0565 e. The minimum atomic E-state index is 0.408. The van der Waals surface area contributed by atoms with Crippen LogP contribution >= 0.6 is 0 Å². The molecule has 0 aromatic heterocycles. The van der Waals surface area contributed by atoms with Crippen molar-refractivity contribution in [1.82, 2.24) is 5.32 Å². The lowest BCUT2D eigenvalue weighted by molar-refractivity contribution is -0.0458. The first-order valence-electron chi connectivity index (χ1n) is 6.23. The second-order valence-corrected chi connectivity index (χ2v) is 4.98. The Hall–Kier alpha value is -0.120. The topological polar surface area (TPSA) is 30.5 Å². The number of nitrogens with one attached hydrogen (secondary N) is 1. The molecule has 0 aromatic carbocycles. The lowest BCUT2D eigenvalue weighted by Gasteiger charge is -2.36. The van der Waals surface area contributed by atoms with Crippen LogP contribution in [0.25, 0.3) is 0 Å². The fraction of sp³-hybridized carbons (Fsp3) is 1.00. The van der Waals surface area contributed by atoms with Crippen LogP contribution < -0.4 is 5.32 Å². The highest BCUT2D eigenvalue weighted by atomic mass is 16.5. The Bertz CT molecular complexity index is 182. The van der Waals surface area contributed by atoms with E-state index in [2.05, 4.69) is 19.2 Å². The van der Waals surface area contributed by atoms with Crippen LogP contribution in [0.5, 0.6) is 0 Å². The molecule has 2 atom stereocenters. The van der Waals surface area contributed by atoms with E-state index in [0.29, 0.717) is 24.3 Å². The Labute approximate surface area is 92.5 Å². The standard InChI is InChI=1S/C12H23NO2/c1-9-7-12(8-10(2)15-9)13-11-3-5-14-6-4-11/h9-13H,3-8H2,1-2H3. The van der Waals surface area contributed by atoms with Gasteiger partial charge in [-0.05, 0) is 39.5 Å². The predicted molar refractivity (Wildman–Crippen MR) is 60.0 cm³/mol. The highest BCUT2D eigenvalue weighted by molar-refractivity contribution is 4.82. The van der Waals surface area contributed by atoms with E-state index in [-0.39, 0.29) is 0 Å². The fourth-order valence-corrected chi connectivity index (χ4v) is 2.74. The van der Waals surface area contributed by atoms with Crippen molar-refractivity contribution in [2.75, 3.05) is 13.2 Å². The Morgan fingerprint density at radius 3 is 2.13 bits per heavy atom. The van der Waals surface area contributed by atoms with Gasteiger partial charge in [0.2, 0.25) is 0 Å². The van der Waals surface area contributed by atoms with Crippen molar-refractivity contribution < 1.29 is 9.47 Å². The normalized spacial score (nSPS) is 39.2. The summed E-state index contributed by atoms with van der Waals surface area (Å²) in [7, 11) is 0. The zero-order chi connectivity index (χ0) is 10.7. The molecule has 2 heterocycles. The van der Waals surface area contributed by atoms with Gasteiger partial charge in [-0.2, -0.15) is 0 Å². The zero-order valence-electron chi connectivity index (χ0n) is 9.87. The summed E-state index contributed by atoms with van der Waals surface area (Å²) in [6.45, 7) is 6.20. The van der Waals surface area contributed by atoms with Crippen molar-refractivity contribution in [2.24, 2.45) is 0 Å². The quantitative estimate of drug-likeness (QED) is 0.757. The first-order valence-corrected chi connectivity index (χ1v) is 6.23. The summed E-state index contributed by atoms with van der Waals surface area (Å²) in [5, 5.41) is 3.76. The van der Waals surface area contributed by atoms with E-state index >= 15 is 0 Å². The Morgan fingerprint density at radius 2 is 1.53 bits per heavy atom. The summed E-state index contributed by atoms with van der Waals surface area (Å²) in [6.07, 6.45) is 5.46. The molecular weight excluding hydrogens is 190 g/mol. The van der Waals surface area contributed by atoms with Crippen LogP contribution in [-0.2, 0) is 9.47 Å².